The van der Waals surface area contributed by atoms with Crippen LogP contribution in [0.2, 0.25) is 0 Å². The largest absolute Gasteiger partial charge is 0.484 e. The molecule has 0 aliphatic carbocycles. The summed E-state index contributed by atoms with van der Waals surface area (Å²) in [6.07, 6.45) is 0. The summed E-state index contributed by atoms with van der Waals surface area (Å²) < 4.78 is 11.3. The summed E-state index contributed by atoms with van der Waals surface area (Å²) in [5.74, 6) is 0.818. The van der Waals surface area contributed by atoms with Gasteiger partial charge in [-0.05, 0) is 62.4 Å². The van der Waals surface area contributed by atoms with E-state index in [1.807, 2.05) is 38.1 Å². The van der Waals surface area contributed by atoms with Crippen molar-refractivity contribution in [3.63, 3.8) is 0 Å². The first-order chi connectivity index (χ1) is 16.5. The highest BCUT2D eigenvalue weighted by Crippen LogP contribution is 2.25. The summed E-state index contributed by atoms with van der Waals surface area (Å²) in [4.78, 5) is 24.2. The monoisotopic (exact) mass is 456 g/mol. The van der Waals surface area contributed by atoms with Crippen molar-refractivity contribution in [1.29, 1.82) is 0 Å². The van der Waals surface area contributed by atoms with Crippen LogP contribution in [0.25, 0.3) is 22.9 Å². The number of anilines is 1. The second kappa shape index (κ2) is 10.4. The van der Waals surface area contributed by atoms with Crippen LogP contribution >= 0.6 is 0 Å². The molecule has 0 bridgehead atoms. The number of aromatic nitrogens is 2. The van der Waals surface area contributed by atoms with Crippen LogP contribution in [0.15, 0.2) is 77.2 Å². The van der Waals surface area contributed by atoms with Gasteiger partial charge in [0, 0.05) is 35.0 Å². The topological polar surface area (TPSA) is 106 Å². The molecule has 8 heteroatoms. The number of rotatable bonds is 8. The van der Waals surface area contributed by atoms with E-state index in [1.165, 1.54) is 0 Å². The molecule has 1 heterocycles. The van der Waals surface area contributed by atoms with Crippen molar-refractivity contribution < 1.29 is 18.7 Å². The standard InChI is InChI=1S/C26H24N4O4/c1-3-27-23(31)16-33-22-9-5-8-21(15-22)28-24(32)18-10-12-19(13-11-18)25-29-30-26(34-25)20-7-4-6-17(2)14-20/h4-15H,3,16H2,1-2H3,(H,27,31)(H,28,32). The minimum atomic E-state index is -0.279. The zero-order valence-electron chi connectivity index (χ0n) is 18.9. The Kier molecular flexibility index (Phi) is 6.98. The van der Waals surface area contributed by atoms with Crippen LogP contribution in [0.3, 0.4) is 0 Å². The van der Waals surface area contributed by atoms with Crippen molar-refractivity contribution in [1.82, 2.24) is 15.5 Å². The third-order valence-electron chi connectivity index (χ3n) is 4.92. The quantitative estimate of drug-likeness (QED) is 0.405. The van der Waals surface area contributed by atoms with Crippen LogP contribution in [-0.2, 0) is 4.79 Å². The van der Waals surface area contributed by atoms with Gasteiger partial charge in [-0.1, -0.05) is 23.8 Å². The van der Waals surface area contributed by atoms with Gasteiger partial charge in [-0.25, -0.2) is 0 Å². The number of likely N-dealkylation sites (N-methyl/N-ethyl adjacent to an activating group) is 1. The molecule has 0 aliphatic rings. The molecule has 2 amide bonds. The van der Waals surface area contributed by atoms with Crippen LogP contribution < -0.4 is 15.4 Å². The van der Waals surface area contributed by atoms with Gasteiger partial charge in [0.05, 0.1) is 0 Å². The van der Waals surface area contributed by atoms with Crippen LogP contribution in [-0.4, -0.2) is 35.2 Å². The normalized spacial score (nSPS) is 10.5. The molecule has 172 valence electrons. The van der Waals surface area contributed by atoms with Crippen molar-refractivity contribution >= 4 is 17.5 Å². The number of nitrogens with one attached hydrogen (secondary N) is 2. The highest BCUT2D eigenvalue weighted by atomic mass is 16.5. The Morgan fingerprint density at radius 2 is 1.65 bits per heavy atom. The number of benzene rings is 3. The molecular formula is C26H24N4O4. The van der Waals surface area contributed by atoms with Gasteiger partial charge >= 0.3 is 0 Å². The number of hydrogen-bond donors (Lipinski definition) is 2. The van der Waals surface area contributed by atoms with Crippen molar-refractivity contribution in [2.45, 2.75) is 13.8 Å². The molecule has 0 unspecified atom stereocenters. The molecule has 0 saturated carbocycles. The molecule has 2 N–H and O–H groups in total. The lowest BCUT2D eigenvalue weighted by Crippen LogP contribution is -2.28. The molecule has 4 rings (SSSR count). The van der Waals surface area contributed by atoms with Gasteiger partial charge in [-0.2, -0.15) is 0 Å². The maximum atomic E-state index is 12.7. The first-order valence-corrected chi connectivity index (χ1v) is 10.8. The molecule has 3 aromatic carbocycles. The Hall–Kier alpha value is -4.46. The van der Waals surface area contributed by atoms with E-state index < -0.39 is 0 Å². The summed E-state index contributed by atoms with van der Waals surface area (Å²) in [7, 11) is 0. The number of hydrogen-bond acceptors (Lipinski definition) is 6. The Morgan fingerprint density at radius 3 is 2.38 bits per heavy atom. The highest BCUT2D eigenvalue weighted by molar-refractivity contribution is 6.04. The number of aryl methyl sites for hydroxylation is 1. The number of ether oxygens (including phenoxy) is 1. The summed E-state index contributed by atoms with van der Waals surface area (Å²) in [5, 5.41) is 13.7. The van der Waals surface area contributed by atoms with Gasteiger partial charge in [0.2, 0.25) is 11.8 Å². The fourth-order valence-corrected chi connectivity index (χ4v) is 3.26. The Balaban J connectivity index is 1.40. The fourth-order valence-electron chi connectivity index (χ4n) is 3.26. The molecule has 34 heavy (non-hydrogen) atoms. The Bertz CT molecular complexity index is 1300. The fraction of sp³-hybridized carbons (Fsp3) is 0.154. The minimum absolute atomic E-state index is 0.0893. The highest BCUT2D eigenvalue weighted by Gasteiger charge is 2.12. The van der Waals surface area contributed by atoms with E-state index in [0.717, 1.165) is 11.1 Å². The second-order valence-corrected chi connectivity index (χ2v) is 7.58. The molecule has 0 aliphatic heterocycles. The maximum absolute atomic E-state index is 12.7. The summed E-state index contributed by atoms with van der Waals surface area (Å²) in [6, 6.07) is 21.6. The van der Waals surface area contributed by atoms with Gasteiger partial charge in [0.25, 0.3) is 11.8 Å². The van der Waals surface area contributed by atoms with Crippen LogP contribution in [0.1, 0.15) is 22.8 Å². The lowest BCUT2D eigenvalue weighted by molar-refractivity contribution is -0.122. The van der Waals surface area contributed by atoms with Gasteiger partial charge in [0.1, 0.15) is 5.75 Å². The van der Waals surface area contributed by atoms with E-state index in [0.29, 0.717) is 40.9 Å². The van der Waals surface area contributed by atoms with Crippen molar-refractivity contribution in [2.75, 3.05) is 18.5 Å². The summed E-state index contributed by atoms with van der Waals surface area (Å²) in [6.45, 7) is 4.29. The van der Waals surface area contributed by atoms with E-state index in [4.69, 9.17) is 9.15 Å². The van der Waals surface area contributed by atoms with E-state index in [-0.39, 0.29) is 18.4 Å². The number of carbonyl (C=O) groups excluding carboxylic acids is 2. The Labute approximate surface area is 197 Å². The van der Waals surface area contributed by atoms with Crippen molar-refractivity contribution in [2.24, 2.45) is 0 Å². The predicted octanol–water partition coefficient (Wildman–Crippen LogP) is 4.48. The van der Waals surface area contributed by atoms with Gasteiger partial charge in [-0.15, -0.1) is 10.2 Å². The minimum Gasteiger partial charge on any atom is -0.484 e. The van der Waals surface area contributed by atoms with Crippen molar-refractivity contribution in [3.8, 4) is 28.7 Å². The maximum Gasteiger partial charge on any atom is 0.257 e. The van der Waals surface area contributed by atoms with Gasteiger partial charge in [0.15, 0.2) is 6.61 Å². The lowest BCUT2D eigenvalue weighted by Gasteiger charge is -2.09. The van der Waals surface area contributed by atoms with Gasteiger partial charge < -0.3 is 19.8 Å². The molecule has 4 aromatic rings. The molecule has 0 radical (unpaired) electrons. The third kappa shape index (κ3) is 5.66. The number of nitrogens with zero attached hydrogens (tertiary/aromatic N) is 2. The van der Waals surface area contributed by atoms with Crippen LogP contribution in [0.5, 0.6) is 5.75 Å². The first-order valence-electron chi connectivity index (χ1n) is 10.8. The molecule has 0 spiro atoms. The molecule has 0 fully saturated rings. The zero-order chi connectivity index (χ0) is 23.9. The van der Waals surface area contributed by atoms with Crippen LogP contribution in [0.4, 0.5) is 5.69 Å². The summed E-state index contributed by atoms with van der Waals surface area (Å²) in [5.41, 5.74) is 3.69. The SMILES string of the molecule is CCNC(=O)COc1cccc(NC(=O)c2ccc(-c3nnc(-c4cccc(C)c4)o3)cc2)c1. The van der Waals surface area contributed by atoms with Crippen molar-refractivity contribution in [3.05, 3.63) is 83.9 Å². The lowest BCUT2D eigenvalue weighted by atomic mass is 10.1. The predicted molar refractivity (Wildman–Crippen MR) is 128 cm³/mol. The summed E-state index contributed by atoms with van der Waals surface area (Å²) >= 11 is 0. The third-order valence-corrected chi connectivity index (χ3v) is 4.92. The van der Waals surface area contributed by atoms with E-state index in [1.54, 1.807) is 48.5 Å². The van der Waals surface area contributed by atoms with E-state index in [2.05, 4.69) is 20.8 Å². The molecular weight excluding hydrogens is 432 g/mol. The number of carbonyl (C=O) groups is 2. The van der Waals surface area contributed by atoms with E-state index in [9.17, 15) is 9.59 Å². The molecule has 1 aromatic heterocycles. The van der Waals surface area contributed by atoms with Gasteiger partial charge in [-0.3, -0.25) is 9.59 Å². The number of amides is 2. The average molecular weight is 457 g/mol. The molecule has 0 atom stereocenters. The second-order valence-electron chi connectivity index (χ2n) is 7.58. The molecule has 8 nitrogen and oxygen atoms in total. The Morgan fingerprint density at radius 1 is 0.912 bits per heavy atom. The average Bonchev–Trinajstić information content (AvgIpc) is 3.34. The smallest absolute Gasteiger partial charge is 0.257 e. The zero-order valence-corrected chi connectivity index (χ0v) is 18.9. The van der Waals surface area contributed by atoms with E-state index >= 15 is 0 Å². The first kappa shape index (κ1) is 22.7. The molecule has 0 saturated heterocycles. The van der Waals surface area contributed by atoms with Crippen LogP contribution in [0, 0.1) is 6.92 Å².